The molecule has 0 aliphatic carbocycles. The second-order valence-electron chi connectivity index (χ2n) is 4.32. The number of carboxylic acid groups (broad SMARTS) is 2. The summed E-state index contributed by atoms with van der Waals surface area (Å²) in [5.74, 6) is -1.65. The highest BCUT2D eigenvalue weighted by Gasteiger charge is 2.22. The molecule has 3 N–H and O–H groups in total. The lowest BCUT2D eigenvalue weighted by Gasteiger charge is -2.22. The molecule has 0 radical (unpaired) electrons. The summed E-state index contributed by atoms with van der Waals surface area (Å²) in [5, 5.41) is 27.0. The van der Waals surface area contributed by atoms with Crippen LogP contribution in [0.15, 0.2) is 30.3 Å². The fourth-order valence-electron chi connectivity index (χ4n) is 1.70. The fraction of sp³-hybridized carbons (Fsp3) is 0.429. The monoisotopic (exact) mass is 314 g/mol. The van der Waals surface area contributed by atoms with E-state index < -0.39 is 24.6 Å². The van der Waals surface area contributed by atoms with Crippen LogP contribution in [-0.2, 0) is 14.3 Å². The molecule has 0 heterocycles. The molecule has 2 atom stereocenters. The first kappa shape index (κ1) is 17.5. The number of rotatable bonds is 10. The Morgan fingerprint density at radius 1 is 1.14 bits per heavy atom. The summed E-state index contributed by atoms with van der Waals surface area (Å²) >= 11 is 1.31. The molecule has 0 aromatic heterocycles. The number of carboxylic acids is 2. The largest absolute Gasteiger partial charge is 0.481 e. The zero-order chi connectivity index (χ0) is 15.7. The minimum atomic E-state index is -1.10. The standard InChI is InChI=1S/C14H18O6S/c15-11(8-20-9-13(18)19)14(21-7-6-12(16)17)10-4-2-1-3-5-10/h1-5,11,14-15H,6-9H2,(H,16,17)(H,18,19). The molecule has 21 heavy (non-hydrogen) atoms. The van der Waals surface area contributed by atoms with Crippen LogP contribution in [0.5, 0.6) is 0 Å². The fourth-order valence-corrected chi connectivity index (χ4v) is 2.90. The molecule has 6 nitrogen and oxygen atoms in total. The van der Waals surface area contributed by atoms with Crippen molar-refractivity contribution in [2.45, 2.75) is 17.8 Å². The highest BCUT2D eigenvalue weighted by Crippen LogP contribution is 2.32. The van der Waals surface area contributed by atoms with E-state index in [1.54, 1.807) is 0 Å². The first-order valence-electron chi connectivity index (χ1n) is 6.36. The zero-order valence-corrected chi connectivity index (χ0v) is 12.2. The van der Waals surface area contributed by atoms with E-state index in [-0.39, 0.29) is 18.3 Å². The summed E-state index contributed by atoms with van der Waals surface area (Å²) < 4.78 is 4.91. The Hall–Kier alpha value is -1.57. The second-order valence-corrected chi connectivity index (χ2v) is 5.57. The van der Waals surface area contributed by atoms with Crippen molar-refractivity contribution in [3.8, 4) is 0 Å². The van der Waals surface area contributed by atoms with Gasteiger partial charge in [-0.3, -0.25) is 4.79 Å². The number of thioether (sulfide) groups is 1. The van der Waals surface area contributed by atoms with Gasteiger partial charge in [0.2, 0.25) is 0 Å². The van der Waals surface area contributed by atoms with Crippen LogP contribution in [0, 0.1) is 0 Å². The Bertz CT molecular complexity index is 450. The predicted molar refractivity (Wildman–Crippen MR) is 78.4 cm³/mol. The lowest BCUT2D eigenvalue weighted by atomic mass is 10.1. The Kier molecular flexibility index (Phi) is 7.81. The Morgan fingerprint density at radius 3 is 2.38 bits per heavy atom. The molecule has 116 valence electrons. The molecule has 0 saturated heterocycles. The molecule has 0 saturated carbocycles. The van der Waals surface area contributed by atoms with Gasteiger partial charge >= 0.3 is 11.9 Å². The van der Waals surface area contributed by atoms with E-state index in [1.165, 1.54) is 11.8 Å². The number of aliphatic carboxylic acids is 2. The van der Waals surface area contributed by atoms with E-state index in [9.17, 15) is 14.7 Å². The highest BCUT2D eigenvalue weighted by molar-refractivity contribution is 7.99. The first-order chi connectivity index (χ1) is 10.0. The molecule has 0 spiro atoms. The van der Waals surface area contributed by atoms with Gasteiger partial charge in [0.1, 0.15) is 6.61 Å². The number of benzene rings is 1. The summed E-state index contributed by atoms with van der Waals surface area (Å²) in [5.41, 5.74) is 0.847. The highest BCUT2D eigenvalue weighted by atomic mass is 32.2. The van der Waals surface area contributed by atoms with Crippen LogP contribution in [0.4, 0.5) is 0 Å². The van der Waals surface area contributed by atoms with Crippen molar-refractivity contribution in [3.63, 3.8) is 0 Å². The van der Waals surface area contributed by atoms with E-state index in [2.05, 4.69) is 0 Å². The number of aliphatic hydroxyl groups excluding tert-OH is 1. The van der Waals surface area contributed by atoms with Crippen LogP contribution in [0.3, 0.4) is 0 Å². The van der Waals surface area contributed by atoms with E-state index >= 15 is 0 Å². The van der Waals surface area contributed by atoms with E-state index in [1.807, 2.05) is 30.3 Å². The van der Waals surface area contributed by atoms with Gasteiger partial charge in [0.15, 0.2) is 0 Å². The van der Waals surface area contributed by atoms with Crippen molar-refractivity contribution in [2.75, 3.05) is 19.0 Å². The van der Waals surface area contributed by atoms with Gasteiger partial charge in [-0.15, -0.1) is 0 Å². The summed E-state index contributed by atoms with van der Waals surface area (Å²) in [6.07, 6.45) is -0.915. The van der Waals surface area contributed by atoms with Crippen molar-refractivity contribution in [2.24, 2.45) is 0 Å². The minimum Gasteiger partial charge on any atom is -0.481 e. The third kappa shape index (κ3) is 7.12. The molecule has 1 aromatic carbocycles. The molecule has 0 aliphatic heterocycles. The quantitative estimate of drug-likeness (QED) is 0.599. The van der Waals surface area contributed by atoms with Crippen molar-refractivity contribution in [3.05, 3.63) is 35.9 Å². The average molecular weight is 314 g/mol. The second kappa shape index (κ2) is 9.38. The predicted octanol–water partition coefficient (Wildman–Crippen LogP) is 1.40. The lowest BCUT2D eigenvalue weighted by molar-refractivity contribution is -0.143. The zero-order valence-electron chi connectivity index (χ0n) is 11.3. The SMILES string of the molecule is O=C(O)CCSC(c1ccccc1)C(O)COCC(=O)O. The average Bonchev–Trinajstić information content (AvgIpc) is 2.43. The molecule has 2 unspecified atom stereocenters. The number of aliphatic hydroxyl groups is 1. The number of hydrogen-bond acceptors (Lipinski definition) is 5. The topological polar surface area (TPSA) is 104 Å². The smallest absolute Gasteiger partial charge is 0.329 e. The molecule has 1 rings (SSSR count). The molecule has 0 fully saturated rings. The number of carbonyl (C=O) groups is 2. The van der Waals surface area contributed by atoms with Crippen molar-refractivity contribution >= 4 is 23.7 Å². The van der Waals surface area contributed by atoms with Gasteiger partial charge in [0.25, 0.3) is 0 Å². The Labute approximate surface area is 126 Å². The Balaban J connectivity index is 2.62. The van der Waals surface area contributed by atoms with Gasteiger partial charge in [-0.2, -0.15) is 11.8 Å². The normalized spacial score (nSPS) is 13.6. The van der Waals surface area contributed by atoms with Crippen LogP contribution in [0.1, 0.15) is 17.2 Å². The van der Waals surface area contributed by atoms with Gasteiger partial charge in [-0.05, 0) is 5.56 Å². The van der Waals surface area contributed by atoms with Crippen LogP contribution in [0.2, 0.25) is 0 Å². The molecule has 0 amide bonds. The number of ether oxygens (including phenoxy) is 1. The van der Waals surface area contributed by atoms with Crippen molar-refractivity contribution in [1.29, 1.82) is 0 Å². The summed E-state index contributed by atoms with van der Waals surface area (Å²) in [6.45, 7) is -0.593. The maximum absolute atomic E-state index is 10.6. The van der Waals surface area contributed by atoms with Gasteiger partial charge in [0, 0.05) is 5.75 Å². The van der Waals surface area contributed by atoms with Crippen molar-refractivity contribution in [1.82, 2.24) is 0 Å². The molecular weight excluding hydrogens is 296 g/mol. The molecule has 0 bridgehead atoms. The molecule has 0 aliphatic rings. The van der Waals surface area contributed by atoms with Gasteiger partial charge in [-0.1, -0.05) is 30.3 Å². The molecule has 1 aromatic rings. The van der Waals surface area contributed by atoms with E-state index in [4.69, 9.17) is 14.9 Å². The maximum atomic E-state index is 10.6. The molecular formula is C14H18O6S. The third-order valence-corrected chi connectivity index (χ3v) is 3.99. The number of hydrogen-bond donors (Lipinski definition) is 3. The van der Waals surface area contributed by atoms with E-state index in [0.29, 0.717) is 5.75 Å². The van der Waals surface area contributed by atoms with Gasteiger partial charge in [0.05, 0.1) is 24.4 Å². The van der Waals surface area contributed by atoms with Crippen LogP contribution in [-0.4, -0.2) is 52.3 Å². The lowest BCUT2D eigenvalue weighted by Crippen LogP contribution is -2.24. The Morgan fingerprint density at radius 2 is 1.81 bits per heavy atom. The minimum absolute atomic E-state index is 0.00327. The summed E-state index contributed by atoms with van der Waals surface area (Å²) in [7, 11) is 0. The van der Waals surface area contributed by atoms with E-state index in [0.717, 1.165) is 5.56 Å². The van der Waals surface area contributed by atoms with Gasteiger partial charge < -0.3 is 20.1 Å². The third-order valence-electron chi connectivity index (χ3n) is 2.61. The summed E-state index contributed by atoms with van der Waals surface area (Å²) in [4.78, 5) is 21.0. The summed E-state index contributed by atoms with van der Waals surface area (Å²) in [6, 6.07) is 9.16. The van der Waals surface area contributed by atoms with Crippen molar-refractivity contribution < 1.29 is 29.6 Å². The molecule has 7 heteroatoms. The first-order valence-corrected chi connectivity index (χ1v) is 7.41. The maximum Gasteiger partial charge on any atom is 0.329 e. The van der Waals surface area contributed by atoms with Gasteiger partial charge in [-0.25, -0.2) is 4.79 Å². The van der Waals surface area contributed by atoms with Crippen LogP contribution < -0.4 is 0 Å². The van der Waals surface area contributed by atoms with Crippen LogP contribution >= 0.6 is 11.8 Å². The van der Waals surface area contributed by atoms with Crippen LogP contribution in [0.25, 0.3) is 0 Å².